The Morgan fingerprint density at radius 1 is 0.793 bits per heavy atom. The van der Waals surface area contributed by atoms with Gasteiger partial charge in [-0.1, -0.05) is 66.7 Å². The summed E-state index contributed by atoms with van der Waals surface area (Å²) in [5.74, 6) is -0.108. The third-order valence-electron chi connectivity index (χ3n) is 4.61. The van der Waals surface area contributed by atoms with Gasteiger partial charge in [0.15, 0.2) is 6.61 Å². The van der Waals surface area contributed by atoms with Gasteiger partial charge in [0.05, 0.1) is 6.42 Å². The minimum absolute atomic E-state index is 0.194. The van der Waals surface area contributed by atoms with Gasteiger partial charge in [0.1, 0.15) is 5.75 Å². The Morgan fingerprint density at radius 2 is 1.48 bits per heavy atom. The molecule has 0 aliphatic carbocycles. The molecule has 3 rings (SSSR count). The molecule has 5 heteroatoms. The van der Waals surface area contributed by atoms with Crippen LogP contribution in [0.3, 0.4) is 0 Å². The highest BCUT2D eigenvalue weighted by Gasteiger charge is 2.10. The number of rotatable bonds is 6. The molecule has 0 saturated heterocycles. The highest BCUT2D eigenvalue weighted by Crippen LogP contribution is 2.29. The Labute approximate surface area is 170 Å². The highest BCUT2D eigenvalue weighted by atomic mass is 16.5. The van der Waals surface area contributed by atoms with Crippen molar-refractivity contribution >= 4 is 11.8 Å². The van der Waals surface area contributed by atoms with E-state index in [9.17, 15) is 9.59 Å². The lowest BCUT2D eigenvalue weighted by atomic mass is 10.0. The quantitative estimate of drug-likeness (QED) is 0.632. The van der Waals surface area contributed by atoms with Crippen LogP contribution in [-0.4, -0.2) is 18.4 Å². The topological polar surface area (TPSA) is 67.4 Å². The van der Waals surface area contributed by atoms with Crippen molar-refractivity contribution in [3.63, 3.8) is 0 Å². The molecule has 148 valence electrons. The van der Waals surface area contributed by atoms with E-state index in [1.807, 2.05) is 86.6 Å². The molecule has 29 heavy (non-hydrogen) atoms. The Balaban J connectivity index is 1.50. The summed E-state index contributed by atoms with van der Waals surface area (Å²) < 4.78 is 5.67. The summed E-state index contributed by atoms with van der Waals surface area (Å²) in [5, 5.41) is 0. The second-order valence-corrected chi connectivity index (χ2v) is 6.84. The average Bonchev–Trinajstić information content (AvgIpc) is 2.74. The second-order valence-electron chi connectivity index (χ2n) is 6.84. The molecule has 2 amide bonds. The minimum Gasteiger partial charge on any atom is -0.483 e. The molecular formula is C24H24N2O3. The zero-order chi connectivity index (χ0) is 20.6. The minimum atomic E-state index is -0.429. The molecule has 0 aliphatic heterocycles. The summed E-state index contributed by atoms with van der Waals surface area (Å²) in [7, 11) is 0. The molecule has 0 aliphatic rings. The number of hydrogen-bond acceptors (Lipinski definition) is 3. The molecule has 0 atom stereocenters. The van der Waals surface area contributed by atoms with Gasteiger partial charge in [0.25, 0.3) is 5.91 Å². The molecule has 2 N–H and O–H groups in total. The number of carbonyl (C=O) groups is 2. The van der Waals surface area contributed by atoms with Crippen LogP contribution in [0.25, 0.3) is 11.1 Å². The van der Waals surface area contributed by atoms with Crippen molar-refractivity contribution < 1.29 is 14.3 Å². The molecule has 0 fully saturated rings. The SMILES string of the molecule is Cc1ccc(CC(=O)NNC(=O)COc2ccccc2-c2ccccc2)cc1C. The first-order chi connectivity index (χ1) is 14.0. The van der Waals surface area contributed by atoms with Crippen LogP contribution in [0.1, 0.15) is 16.7 Å². The molecule has 0 unspecified atom stereocenters. The molecule has 0 radical (unpaired) electrons. The van der Waals surface area contributed by atoms with E-state index in [0.29, 0.717) is 5.75 Å². The first-order valence-electron chi connectivity index (χ1n) is 9.44. The summed E-state index contributed by atoms with van der Waals surface area (Å²) in [5.41, 5.74) is 9.93. The number of benzene rings is 3. The van der Waals surface area contributed by atoms with Gasteiger partial charge in [-0.15, -0.1) is 0 Å². The monoisotopic (exact) mass is 388 g/mol. The smallest absolute Gasteiger partial charge is 0.276 e. The molecule has 0 aromatic heterocycles. The summed E-state index contributed by atoms with van der Waals surface area (Å²) in [6, 6.07) is 23.2. The van der Waals surface area contributed by atoms with Gasteiger partial charge in [0.2, 0.25) is 5.91 Å². The zero-order valence-corrected chi connectivity index (χ0v) is 16.6. The Bertz CT molecular complexity index is 1000. The molecule has 0 heterocycles. The largest absolute Gasteiger partial charge is 0.483 e. The Kier molecular flexibility index (Phi) is 6.63. The first-order valence-corrected chi connectivity index (χ1v) is 9.44. The molecule has 3 aromatic rings. The van der Waals surface area contributed by atoms with Crippen LogP contribution < -0.4 is 15.6 Å². The maximum Gasteiger partial charge on any atom is 0.276 e. The van der Waals surface area contributed by atoms with Crippen molar-refractivity contribution in [1.82, 2.24) is 10.9 Å². The van der Waals surface area contributed by atoms with E-state index in [1.54, 1.807) is 0 Å². The van der Waals surface area contributed by atoms with Gasteiger partial charge >= 0.3 is 0 Å². The Hall–Kier alpha value is -3.60. The fraction of sp³-hybridized carbons (Fsp3) is 0.167. The van der Waals surface area contributed by atoms with Gasteiger partial charge < -0.3 is 4.74 Å². The first kappa shape index (κ1) is 20.1. The van der Waals surface area contributed by atoms with Crippen molar-refractivity contribution in [1.29, 1.82) is 0 Å². The summed E-state index contributed by atoms with van der Waals surface area (Å²) >= 11 is 0. The third kappa shape index (κ3) is 5.69. The van der Waals surface area contributed by atoms with E-state index in [2.05, 4.69) is 10.9 Å². The van der Waals surface area contributed by atoms with Crippen LogP contribution in [-0.2, 0) is 16.0 Å². The van der Waals surface area contributed by atoms with Gasteiger partial charge in [-0.3, -0.25) is 20.4 Å². The van der Waals surface area contributed by atoms with Crippen LogP contribution in [0.4, 0.5) is 0 Å². The van der Waals surface area contributed by atoms with Gasteiger partial charge in [0, 0.05) is 5.56 Å². The molecule has 3 aromatic carbocycles. The van der Waals surface area contributed by atoms with E-state index >= 15 is 0 Å². The van der Waals surface area contributed by atoms with E-state index < -0.39 is 5.91 Å². The number of hydrazine groups is 1. The lowest BCUT2D eigenvalue weighted by Gasteiger charge is -2.12. The Morgan fingerprint density at radius 3 is 2.24 bits per heavy atom. The predicted molar refractivity (Wildman–Crippen MR) is 113 cm³/mol. The molecule has 5 nitrogen and oxygen atoms in total. The number of amides is 2. The molecule has 0 saturated carbocycles. The van der Waals surface area contributed by atoms with Crippen LogP contribution >= 0.6 is 0 Å². The lowest BCUT2D eigenvalue weighted by Crippen LogP contribution is -2.44. The van der Waals surface area contributed by atoms with Gasteiger partial charge in [-0.2, -0.15) is 0 Å². The summed E-state index contributed by atoms with van der Waals surface area (Å²) in [6.07, 6.45) is 0.194. The maximum absolute atomic E-state index is 12.1. The van der Waals surface area contributed by atoms with Crippen LogP contribution in [0, 0.1) is 13.8 Å². The van der Waals surface area contributed by atoms with Crippen molar-refractivity contribution in [3.05, 3.63) is 89.5 Å². The van der Waals surface area contributed by atoms with Crippen LogP contribution in [0.2, 0.25) is 0 Å². The highest BCUT2D eigenvalue weighted by molar-refractivity contribution is 5.84. The third-order valence-corrected chi connectivity index (χ3v) is 4.61. The maximum atomic E-state index is 12.1. The number of carbonyl (C=O) groups excluding carboxylic acids is 2. The van der Waals surface area contributed by atoms with Crippen molar-refractivity contribution in [2.75, 3.05) is 6.61 Å². The number of para-hydroxylation sites is 1. The fourth-order valence-electron chi connectivity index (χ4n) is 2.91. The number of hydrogen-bond donors (Lipinski definition) is 2. The van der Waals surface area contributed by atoms with E-state index in [-0.39, 0.29) is 18.9 Å². The molecule has 0 spiro atoms. The summed E-state index contributed by atoms with van der Waals surface area (Å²) in [6.45, 7) is 3.83. The average molecular weight is 388 g/mol. The number of ether oxygens (including phenoxy) is 1. The fourth-order valence-corrected chi connectivity index (χ4v) is 2.91. The van der Waals surface area contributed by atoms with E-state index in [0.717, 1.165) is 22.3 Å². The van der Waals surface area contributed by atoms with Crippen molar-refractivity contribution in [2.24, 2.45) is 0 Å². The number of nitrogens with one attached hydrogen (secondary N) is 2. The normalized spacial score (nSPS) is 10.3. The van der Waals surface area contributed by atoms with Gasteiger partial charge in [-0.25, -0.2) is 0 Å². The van der Waals surface area contributed by atoms with Crippen LogP contribution in [0.15, 0.2) is 72.8 Å². The predicted octanol–water partition coefficient (Wildman–Crippen LogP) is 3.74. The lowest BCUT2D eigenvalue weighted by molar-refractivity contribution is -0.129. The summed E-state index contributed by atoms with van der Waals surface area (Å²) in [4.78, 5) is 24.1. The molecule has 0 bridgehead atoms. The van der Waals surface area contributed by atoms with Crippen LogP contribution in [0.5, 0.6) is 5.75 Å². The zero-order valence-electron chi connectivity index (χ0n) is 16.6. The van der Waals surface area contributed by atoms with E-state index in [1.165, 1.54) is 5.56 Å². The standard InChI is InChI=1S/C24H24N2O3/c1-17-12-13-19(14-18(17)2)15-23(27)25-26-24(28)16-29-22-11-7-6-10-21(22)20-8-4-3-5-9-20/h3-14H,15-16H2,1-2H3,(H,25,27)(H,26,28). The van der Waals surface area contributed by atoms with Crippen molar-refractivity contribution in [3.8, 4) is 16.9 Å². The second kappa shape index (κ2) is 9.55. The van der Waals surface area contributed by atoms with Gasteiger partial charge in [-0.05, 0) is 42.2 Å². The van der Waals surface area contributed by atoms with Crippen molar-refractivity contribution in [2.45, 2.75) is 20.3 Å². The van der Waals surface area contributed by atoms with E-state index in [4.69, 9.17) is 4.74 Å². The number of aryl methyl sites for hydroxylation is 2. The molecular weight excluding hydrogens is 364 g/mol.